The van der Waals surface area contributed by atoms with Crippen LogP contribution in [0.15, 0.2) is 11.9 Å². The van der Waals surface area contributed by atoms with Crippen molar-refractivity contribution in [2.45, 2.75) is 6.42 Å². The summed E-state index contributed by atoms with van der Waals surface area (Å²) >= 11 is 0. The van der Waals surface area contributed by atoms with Crippen LogP contribution in [0.25, 0.3) is 0 Å². The van der Waals surface area contributed by atoms with Gasteiger partial charge in [-0.25, -0.2) is 4.39 Å². The molecule has 0 aliphatic rings. The maximum atomic E-state index is 12.1. The first-order chi connectivity index (χ1) is 4.31. The molecule has 1 nitrogen and oxygen atoms in total. The Morgan fingerprint density at radius 3 is 2.89 bits per heavy atom. The fraction of sp³-hybridized carbons (Fsp3) is 0.286. The van der Waals surface area contributed by atoms with Crippen LogP contribution in [0.1, 0.15) is 6.42 Å². The van der Waals surface area contributed by atoms with Gasteiger partial charge in [0.25, 0.3) is 0 Å². The van der Waals surface area contributed by atoms with Gasteiger partial charge in [0.15, 0.2) is 0 Å². The summed E-state index contributed by atoms with van der Waals surface area (Å²) in [6.45, 7) is -0.0498. The Hall–Kier alpha value is -0.810. The van der Waals surface area contributed by atoms with Gasteiger partial charge in [-0.15, -0.1) is 6.42 Å². The van der Waals surface area contributed by atoms with E-state index in [9.17, 15) is 4.39 Å². The minimum atomic E-state index is -0.466. The molecule has 0 amide bonds. The highest BCUT2D eigenvalue weighted by Crippen LogP contribution is 2.00. The smallest absolute Gasteiger partial charge is 0.113 e. The zero-order chi connectivity index (χ0) is 7.11. The van der Waals surface area contributed by atoms with E-state index in [-0.39, 0.29) is 6.61 Å². The predicted molar refractivity (Wildman–Crippen MR) is 34.0 cm³/mol. The van der Waals surface area contributed by atoms with Gasteiger partial charge in [0.2, 0.25) is 0 Å². The van der Waals surface area contributed by atoms with Crippen LogP contribution in [0.3, 0.4) is 0 Å². The van der Waals surface area contributed by atoms with Gasteiger partial charge in [-0.2, -0.15) is 0 Å². The van der Waals surface area contributed by atoms with Gasteiger partial charge in [-0.3, -0.25) is 0 Å². The van der Waals surface area contributed by atoms with Crippen LogP contribution in [0.4, 0.5) is 4.39 Å². The Morgan fingerprint density at radius 2 is 2.44 bits per heavy atom. The molecule has 0 aliphatic carbocycles. The van der Waals surface area contributed by atoms with E-state index in [0.717, 1.165) is 6.42 Å². The molecule has 0 aliphatic heterocycles. The summed E-state index contributed by atoms with van der Waals surface area (Å²) < 4.78 is 12.1. The molecule has 0 saturated heterocycles. The molecule has 1 N–H and O–H groups in total. The minimum absolute atomic E-state index is 0.0498. The third-order valence-electron chi connectivity index (χ3n) is 0.690. The molecule has 9 heavy (non-hydrogen) atoms. The normalized spacial score (nSPS) is 11.0. The van der Waals surface area contributed by atoms with E-state index in [1.54, 1.807) is 0 Å². The van der Waals surface area contributed by atoms with Crippen LogP contribution in [0, 0.1) is 18.8 Å². The average molecular weight is 127 g/mol. The van der Waals surface area contributed by atoms with Crippen LogP contribution in [-0.2, 0) is 0 Å². The summed E-state index contributed by atoms with van der Waals surface area (Å²) in [7, 11) is 0. The number of aliphatic hydroxyl groups excluding tert-OH is 1. The molecule has 2 heteroatoms. The summed E-state index contributed by atoms with van der Waals surface area (Å²) in [4.78, 5) is 0. The average Bonchev–Trinajstić information content (AvgIpc) is 1.85. The summed E-state index contributed by atoms with van der Waals surface area (Å²) in [5.41, 5.74) is 0. The van der Waals surface area contributed by atoms with Crippen LogP contribution >= 0.6 is 0 Å². The van der Waals surface area contributed by atoms with E-state index < -0.39 is 5.83 Å². The number of hydrogen-bond acceptors (Lipinski definition) is 1. The number of hydrogen-bond donors (Lipinski definition) is 1. The molecule has 0 aromatic carbocycles. The van der Waals surface area contributed by atoms with Gasteiger partial charge < -0.3 is 5.11 Å². The zero-order valence-corrected chi connectivity index (χ0v) is 4.97. The highest BCUT2D eigenvalue weighted by atomic mass is 19.1. The molecule has 0 rings (SSSR count). The summed E-state index contributed by atoms with van der Waals surface area (Å²) in [6.07, 6.45) is 7.31. The predicted octanol–water partition coefficient (Wildman–Crippen LogP) is 1.06. The van der Waals surface area contributed by atoms with Crippen molar-refractivity contribution in [1.82, 2.24) is 0 Å². The van der Waals surface area contributed by atoms with Gasteiger partial charge in [-0.05, 0) is 12.5 Å². The molecule has 0 aromatic rings. The van der Waals surface area contributed by atoms with Crippen LogP contribution in [0.2, 0.25) is 0 Å². The number of rotatable bonds is 3. The molecular formula is C7H8FO. The monoisotopic (exact) mass is 127 g/mol. The molecule has 0 bridgehead atoms. The van der Waals surface area contributed by atoms with Crippen molar-refractivity contribution in [3.8, 4) is 12.3 Å². The Kier molecular flexibility index (Phi) is 4.85. The van der Waals surface area contributed by atoms with Crippen molar-refractivity contribution in [3.05, 3.63) is 18.3 Å². The van der Waals surface area contributed by atoms with E-state index in [1.807, 2.05) is 5.92 Å². The summed E-state index contributed by atoms with van der Waals surface area (Å²) in [6, 6.07) is 0. The lowest BCUT2D eigenvalue weighted by molar-refractivity contribution is 0.301. The maximum Gasteiger partial charge on any atom is 0.113 e. The molecule has 0 atom stereocenters. The first kappa shape index (κ1) is 8.19. The van der Waals surface area contributed by atoms with Crippen LogP contribution < -0.4 is 0 Å². The van der Waals surface area contributed by atoms with Crippen molar-refractivity contribution >= 4 is 0 Å². The molecular weight excluding hydrogens is 119 g/mol. The van der Waals surface area contributed by atoms with E-state index in [0.29, 0.717) is 6.42 Å². The fourth-order valence-corrected chi connectivity index (χ4v) is 0.341. The second kappa shape index (κ2) is 5.33. The number of aliphatic hydroxyl groups is 1. The van der Waals surface area contributed by atoms with Crippen molar-refractivity contribution in [2.24, 2.45) is 0 Å². The first-order valence-electron chi connectivity index (χ1n) is 2.57. The highest BCUT2D eigenvalue weighted by Gasteiger charge is 1.88. The Balaban J connectivity index is 3.46. The lowest BCUT2D eigenvalue weighted by Crippen LogP contribution is -1.78. The third-order valence-corrected chi connectivity index (χ3v) is 0.690. The number of allylic oxidation sites excluding steroid dienone is 1. The topological polar surface area (TPSA) is 20.2 Å². The maximum absolute atomic E-state index is 12.1. The van der Waals surface area contributed by atoms with Crippen molar-refractivity contribution in [1.29, 1.82) is 0 Å². The van der Waals surface area contributed by atoms with Gasteiger partial charge in [-0.1, -0.05) is 5.92 Å². The highest BCUT2D eigenvalue weighted by molar-refractivity contribution is 5.19. The summed E-state index contributed by atoms with van der Waals surface area (Å²) in [5, 5.41) is 8.21. The van der Waals surface area contributed by atoms with E-state index in [1.165, 1.54) is 6.08 Å². The lowest BCUT2D eigenvalue weighted by atomic mass is 10.3. The number of terminal acetylenes is 1. The lowest BCUT2D eigenvalue weighted by Gasteiger charge is -1.86. The summed E-state index contributed by atoms with van der Waals surface area (Å²) in [5.74, 6) is 1.56. The molecule has 1 radical (unpaired) electrons. The standard InChI is InChI=1S/C7H8FO/c1-2-4-7(8)5-3-6-9/h1,4-5,9H,3,6H2/b7-5-. The van der Waals surface area contributed by atoms with Crippen LogP contribution in [-0.4, -0.2) is 11.7 Å². The SMILES string of the molecule is C#C[CH]/C(F)=C/CCO. The molecule has 0 fully saturated rings. The van der Waals surface area contributed by atoms with Gasteiger partial charge in [0.1, 0.15) is 5.83 Å². The van der Waals surface area contributed by atoms with Crippen molar-refractivity contribution in [2.75, 3.05) is 6.61 Å². The van der Waals surface area contributed by atoms with Crippen molar-refractivity contribution < 1.29 is 9.50 Å². The zero-order valence-electron chi connectivity index (χ0n) is 4.97. The van der Waals surface area contributed by atoms with Gasteiger partial charge in [0.05, 0.1) is 6.42 Å². The Labute approximate surface area is 54.2 Å². The fourth-order valence-electron chi connectivity index (χ4n) is 0.341. The van der Waals surface area contributed by atoms with Crippen LogP contribution in [0.5, 0.6) is 0 Å². The van der Waals surface area contributed by atoms with E-state index >= 15 is 0 Å². The second-order valence-electron chi connectivity index (χ2n) is 1.41. The van der Waals surface area contributed by atoms with E-state index in [4.69, 9.17) is 11.5 Å². The first-order valence-corrected chi connectivity index (χ1v) is 2.57. The van der Waals surface area contributed by atoms with Gasteiger partial charge >= 0.3 is 0 Å². The molecule has 49 valence electrons. The van der Waals surface area contributed by atoms with Crippen molar-refractivity contribution in [3.63, 3.8) is 0 Å². The van der Waals surface area contributed by atoms with E-state index in [2.05, 4.69) is 0 Å². The number of halogens is 1. The molecule has 0 spiro atoms. The Morgan fingerprint density at radius 1 is 1.78 bits per heavy atom. The molecule has 0 aromatic heterocycles. The molecule has 0 heterocycles. The molecule has 0 unspecified atom stereocenters. The second-order valence-corrected chi connectivity index (χ2v) is 1.41. The third kappa shape index (κ3) is 5.05. The van der Waals surface area contributed by atoms with Gasteiger partial charge in [0, 0.05) is 6.61 Å². The quantitative estimate of drug-likeness (QED) is 0.562. The minimum Gasteiger partial charge on any atom is -0.396 e. The molecule has 0 saturated carbocycles. The Bertz CT molecular complexity index is 132. The largest absolute Gasteiger partial charge is 0.396 e.